The number of hydrogen-bond donors (Lipinski definition) is 0. The van der Waals surface area contributed by atoms with E-state index < -0.39 is 17.7 Å². The molecule has 134 valence electrons. The van der Waals surface area contributed by atoms with Crippen molar-refractivity contribution < 1.29 is 19.1 Å². The Morgan fingerprint density at radius 1 is 1.24 bits per heavy atom. The highest BCUT2D eigenvalue weighted by Gasteiger charge is 2.21. The quantitative estimate of drug-likeness (QED) is 0.452. The van der Waals surface area contributed by atoms with Gasteiger partial charge in [-0.15, -0.1) is 11.6 Å². The number of esters is 1. The molecule has 0 aliphatic carbocycles. The number of fused-ring (bicyclic) bond motifs is 1. The summed E-state index contributed by atoms with van der Waals surface area (Å²) < 4.78 is 11.8. The summed E-state index contributed by atoms with van der Waals surface area (Å²) in [5, 5.41) is 0.810. The molecule has 5 nitrogen and oxygen atoms in total. The fourth-order valence-electron chi connectivity index (χ4n) is 2.41. The lowest BCUT2D eigenvalue weighted by Gasteiger charge is -2.19. The summed E-state index contributed by atoms with van der Waals surface area (Å²) >= 11 is 6.04. The van der Waals surface area contributed by atoms with E-state index in [1.54, 1.807) is 13.1 Å². The molecule has 2 aromatic rings. The zero-order valence-electron chi connectivity index (χ0n) is 14.8. The van der Waals surface area contributed by atoms with Crippen LogP contribution >= 0.6 is 11.6 Å². The molecule has 0 N–H and O–H groups in total. The van der Waals surface area contributed by atoms with Crippen molar-refractivity contribution >= 4 is 40.1 Å². The molecule has 0 aliphatic heterocycles. The topological polar surface area (TPSA) is 57.5 Å². The van der Waals surface area contributed by atoms with E-state index in [4.69, 9.17) is 21.1 Å². The molecule has 6 heteroatoms. The van der Waals surface area contributed by atoms with Crippen molar-refractivity contribution in [3.63, 3.8) is 0 Å². The molecule has 1 heterocycles. The Hall–Kier alpha value is -2.27. The predicted molar refractivity (Wildman–Crippen MR) is 98.9 cm³/mol. The fourth-order valence-corrected chi connectivity index (χ4v) is 2.63. The van der Waals surface area contributed by atoms with E-state index in [2.05, 4.69) is 0 Å². The van der Waals surface area contributed by atoms with Gasteiger partial charge in [0.2, 0.25) is 0 Å². The molecule has 0 unspecified atom stereocenters. The molecule has 0 saturated carbocycles. The fraction of sp³-hybridized carbons (Fsp3) is 0.368. The van der Waals surface area contributed by atoms with Crippen LogP contribution in [-0.4, -0.2) is 34.7 Å². The number of nitrogens with zero attached hydrogens (tertiary/aromatic N) is 1. The summed E-state index contributed by atoms with van der Waals surface area (Å²) in [5.41, 5.74) is 1.35. The minimum absolute atomic E-state index is 0.112. The van der Waals surface area contributed by atoms with Crippen LogP contribution in [0.25, 0.3) is 16.5 Å². The number of alkyl halides is 1. The number of benzene rings is 1. The van der Waals surface area contributed by atoms with E-state index in [0.717, 1.165) is 5.39 Å². The van der Waals surface area contributed by atoms with E-state index in [-0.39, 0.29) is 12.5 Å². The van der Waals surface area contributed by atoms with Crippen molar-refractivity contribution in [2.45, 2.75) is 33.3 Å². The van der Waals surface area contributed by atoms with Crippen LogP contribution in [0.2, 0.25) is 0 Å². The van der Waals surface area contributed by atoms with E-state index in [9.17, 15) is 9.59 Å². The molecule has 0 bridgehead atoms. The maximum atomic E-state index is 12.5. The Balaban J connectivity index is 2.55. The summed E-state index contributed by atoms with van der Waals surface area (Å²) in [5.74, 6) is -0.353. The smallest absolute Gasteiger partial charge is 0.419 e. The molecule has 0 amide bonds. The number of hydrogen-bond acceptors (Lipinski definition) is 4. The molecular weight excluding hydrogens is 342 g/mol. The summed E-state index contributed by atoms with van der Waals surface area (Å²) in [6, 6.07) is 7.39. The normalized spacial score (nSPS) is 12.3. The maximum absolute atomic E-state index is 12.5. The van der Waals surface area contributed by atoms with Crippen molar-refractivity contribution in [2.75, 3.05) is 12.5 Å². The average Bonchev–Trinajstić information content (AvgIpc) is 2.91. The van der Waals surface area contributed by atoms with Gasteiger partial charge in [0, 0.05) is 29.1 Å². The van der Waals surface area contributed by atoms with Crippen LogP contribution in [0, 0.1) is 0 Å². The van der Waals surface area contributed by atoms with E-state index in [1.807, 2.05) is 45.0 Å². The summed E-state index contributed by atoms with van der Waals surface area (Å²) in [6.07, 6.45) is 2.52. The monoisotopic (exact) mass is 363 g/mol. The van der Waals surface area contributed by atoms with Crippen LogP contribution < -0.4 is 0 Å². The van der Waals surface area contributed by atoms with E-state index in [0.29, 0.717) is 16.7 Å². The standard InChI is InChI=1S/C19H22ClNO4/c1-5-24-17(22)10-13(11-20)15-12-21(18(23)25-19(2,3)4)16-9-7-6-8-14(15)16/h6-10,12H,5,11H2,1-4H3/b13-10+. The Bertz CT molecular complexity index is 814. The molecule has 25 heavy (non-hydrogen) atoms. The highest BCUT2D eigenvalue weighted by atomic mass is 35.5. The molecule has 1 aromatic carbocycles. The van der Waals surface area contributed by atoms with E-state index >= 15 is 0 Å². The summed E-state index contributed by atoms with van der Waals surface area (Å²) in [6.45, 7) is 7.44. The number of aromatic nitrogens is 1. The van der Waals surface area contributed by atoms with Gasteiger partial charge in [-0.05, 0) is 39.3 Å². The van der Waals surface area contributed by atoms with Gasteiger partial charge in [0.25, 0.3) is 0 Å². The van der Waals surface area contributed by atoms with Gasteiger partial charge in [-0.3, -0.25) is 4.57 Å². The van der Waals surface area contributed by atoms with Crippen molar-refractivity contribution in [2.24, 2.45) is 0 Å². The van der Waals surface area contributed by atoms with Crippen molar-refractivity contribution in [1.29, 1.82) is 0 Å². The van der Waals surface area contributed by atoms with Gasteiger partial charge in [-0.2, -0.15) is 0 Å². The third-order valence-electron chi connectivity index (χ3n) is 3.37. The Morgan fingerprint density at radius 3 is 2.52 bits per heavy atom. The predicted octanol–water partition coefficient (Wildman–Crippen LogP) is 4.61. The van der Waals surface area contributed by atoms with Crippen LogP contribution in [0.3, 0.4) is 0 Å². The van der Waals surface area contributed by atoms with Crippen LogP contribution in [0.4, 0.5) is 4.79 Å². The second-order valence-electron chi connectivity index (χ2n) is 6.47. The number of allylic oxidation sites excluding steroid dienone is 1. The number of rotatable bonds is 4. The van der Waals surface area contributed by atoms with Gasteiger partial charge in [0.1, 0.15) is 5.60 Å². The minimum Gasteiger partial charge on any atom is -0.463 e. The second-order valence-corrected chi connectivity index (χ2v) is 6.73. The first kappa shape index (κ1) is 19.1. The molecule has 0 radical (unpaired) electrons. The third kappa shape index (κ3) is 4.63. The highest BCUT2D eigenvalue weighted by Crippen LogP contribution is 2.29. The van der Waals surface area contributed by atoms with Crippen LogP contribution in [0.1, 0.15) is 33.3 Å². The molecule has 0 atom stereocenters. The number of carbonyl (C=O) groups is 2. The number of halogens is 1. The summed E-state index contributed by atoms with van der Waals surface area (Å²) in [7, 11) is 0. The Labute approximate surface area is 152 Å². The molecular formula is C19H22ClNO4. The molecule has 0 fully saturated rings. The molecule has 0 spiro atoms. The third-order valence-corrected chi connectivity index (χ3v) is 3.66. The number of para-hydroxylation sites is 1. The first-order valence-electron chi connectivity index (χ1n) is 8.04. The van der Waals surface area contributed by atoms with Crippen LogP contribution in [-0.2, 0) is 14.3 Å². The first-order chi connectivity index (χ1) is 11.8. The van der Waals surface area contributed by atoms with Gasteiger partial charge in [0.15, 0.2) is 0 Å². The average molecular weight is 364 g/mol. The first-order valence-corrected chi connectivity index (χ1v) is 8.57. The summed E-state index contributed by atoms with van der Waals surface area (Å²) in [4.78, 5) is 24.3. The van der Waals surface area contributed by atoms with Crippen LogP contribution in [0.15, 0.2) is 36.5 Å². The SMILES string of the molecule is CCOC(=O)/C=C(\CCl)c1cn(C(=O)OC(C)(C)C)c2ccccc12. The van der Waals surface area contributed by atoms with Crippen LogP contribution in [0.5, 0.6) is 0 Å². The van der Waals surface area contributed by atoms with Crippen molar-refractivity contribution in [3.05, 3.63) is 42.1 Å². The van der Waals surface area contributed by atoms with Gasteiger partial charge < -0.3 is 9.47 Å². The Morgan fingerprint density at radius 2 is 1.92 bits per heavy atom. The highest BCUT2D eigenvalue weighted by molar-refractivity contribution is 6.25. The Kier molecular flexibility index (Phi) is 5.90. The number of ether oxygens (including phenoxy) is 2. The maximum Gasteiger partial charge on any atom is 0.419 e. The van der Waals surface area contributed by atoms with Gasteiger partial charge >= 0.3 is 12.1 Å². The lowest BCUT2D eigenvalue weighted by molar-refractivity contribution is -0.137. The molecule has 0 aliphatic rings. The van der Waals surface area contributed by atoms with E-state index in [1.165, 1.54) is 10.6 Å². The number of carbonyl (C=O) groups excluding carboxylic acids is 2. The zero-order valence-corrected chi connectivity index (χ0v) is 15.6. The molecule has 2 rings (SSSR count). The molecule has 1 aromatic heterocycles. The van der Waals surface area contributed by atoms with Gasteiger partial charge in [0.05, 0.1) is 12.1 Å². The lowest BCUT2D eigenvalue weighted by Crippen LogP contribution is -2.26. The van der Waals surface area contributed by atoms with Gasteiger partial charge in [-0.25, -0.2) is 9.59 Å². The van der Waals surface area contributed by atoms with Crippen molar-refractivity contribution in [1.82, 2.24) is 4.57 Å². The largest absolute Gasteiger partial charge is 0.463 e. The zero-order chi connectivity index (χ0) is 18.6. The van der Waals surface area contributed by atoms with Gasteiger partial charge in [-0.1, -0.05) is 18.2 Å². The lowest BCUT2D eigenvalue weighted by atomic mass is 10.1. The molecule has 0 saturated heterocycles. The van der Waals surface area contributed by atoms with Crippen molar-refractivity contribution in [3.8, 4) is 0 Å². The second kappa shape index (κ2) is 7.74. The minimum atomic E-state index is -0.612.